The predicted molar refractivity (Wildman–Crippen MR) is 105 cm³/mol. The molecule has 2 aromatic rings. The molecule has 1 aliphatic heterocycles. The summed E-state index contributed by atoms with van der Waals surface area (Å²) in [4.78, 5) is 26.3. The fraction of sp³-hybridized carbons (Fsp3) is 0.333. The summed E-state index contributed by atoms with van der Waals surface area (Å²) >= 11 is 0. The number of esters is 1. The Bertz CT molecular complexity index is 881. The molecule has 1 N–H and O–H groups in total. The molecule has 1 amide bonds. The summed E-state index contributed by atoms with van der Waals surface area (Å²) in [5.41, 5.74) is 3.18. The molecule has 2 aromatic carbocycles. The van der Waals surface area contributed by atoms with Crippen molar-refractivity contribution in [2.24, 2.45) is 0 Å². The summed E-state index contributed by atoms with van der Waals surface area (Å²) in [6, 6.07) is 10.9. The van der Waals surface area contributed by atoms with E-state index in [1.807, 2.05) is 12.1 Å². The van der Waals surface area contributed by atoms with Gasteiger partial charge in [0.1, 0.15) is 0 Å². The standard InChI is InChI=1S/C21H24N2O5/c1-26-18-10-14-8-9-23(13-15(14)11-19(18)27-2)20(24)12-22-17-7-5-4-6-16(17)21(25)28-3/h4-7,10-11,22H,8-9,12-13H2,1-3H3. The Morgan fingerprint density at radius 2 is 1.71 bits per heavy atom. The zero-order chi connectivity index (χ0) is 20.1. The molecular weight excluding hydrogens is 360 g/mol. The van der Waals surface area contributed by atoms with Crippen molar-refractivity contribution < 1.29 is 23.8 Å². The third-order valence-corrected chi connectivity index (χ3v) is 4.83. The number of para-hydroxylation sites is 1. The molecule has 0 radical (unpaired) electrons. The van der Waals surface area contributed by atoms with Crippen LogP contribution in [0.3, 0.4) is 0 Å². The van der Waals surface area contributed by atoms with Crippen LogP contribution in [0.2, 0.25) is 0 Å². The van der Waals surface area contributed by atoms with Crippen LogP contribution in [0.15, 0.2) is 36.4 Å². The lowest BCUT2D eigenvalue weighted by molar-refractivity contribution is -0.130. The summed E-state index contributed by atoms with van der Waals surface area (Å²) in [5.74, 6) is 0.867. The molecule has 0 saturated heterocycles. The average Bonchev–Trinajstić information content (AvgIpc) is 2.75. The van der Waals surface area contributed by atoms with Gasteiger partial charge in [-0.15, -0.1) is 0 Å². The van der Waals surface area contributed by atoms with E-state index in [0.717, 1.165) is 17.5 Å². The molecule has 1 aliphatic rings. The van der Waals surface area contributed by atoms with E-state index >= 15 is 0 Å². The van der Waals surface area contributed by atoms with Gasteiger partial charge in [0.25, 0.3) is 0 Å². The minimum absolute atomic E-state index is 0.0416. The highest BCUT2D eigenvalue weighted by Crippen LogP contribution is 2.33. The minimum Gasteiger partial charge on any atom is -0.493 e. The van der Waals surface area contributed by atoms with Gasteiger partial charge in [0, 0.05) is 18.8 Å². The van der Waals surface area contributed by atoms with Crippen molar-refractivity contribution in [3.8, 4) is 11.5 Å². The van der Waals surface area contributed by atoms with Gasteiger partial charge in [-0.25, -0.2) is 4.79 Å². The van der Waals surface area contributed by atoms with E-state index in [-0.39, 0.29) is 12.5 Å². The highest BCUT2D eigenvalue weighted by Gasteiger charge is 2.23. The number of anilines is 1. The molecule has 1 heterocycles. The van der Waals surface area contributed by atoms with Gasteiger partial charge < -0.3 is 24.4 Å². The van der Waals surface area contributed by atoms with Gasteiger partial charge in [-0.1, -0.05) is 12.1 Å². The zero-order valence-electron chi connectivity index (χ0n) is 16.3. The number of methoxy groups -OCH3 is 3. The minimum atomic E-state index is -0.441. The summed E-state index contributed by atoms with van der Waals surface area (Å²) < 4.78 is 15.5. The van der Waals surface area contributed by atoms with Gasteiger partial charge in [0.15, 0.2) is 11.5 Å². The highest BCUT2D eigenvalue weighted by molar-refractivity contribution is 5.96. The van der Waals surface area contributed by atoms with Crippen LogP contribution in [0.4, 0.5) is 5.69 Å². The van der Waals surface area contributed by atoms with Crippen molar-refractivity contribution >= 4 is 17.6 Å². The number of carbonyl (C=O) groups is 2. The Balaban J connectivity index is 1.68. The van der Waals surface area contributed by atoms with Crippen LogP contribution in [0, 0.1) is 0 Å². The fourth-order valence-electron chi connectivity index (χ4n) is 3.30. The highest BCUT2D eigenvalue weighted by atomic mass is 16.5. The molecule has 7 nitrogen and oxygen atoms in total. The Hall–Kier alpha value is -3.22. The van der Waals surface area contributed by atoms with E-state index in [1.54, 1.807) is 43.4 Å². The molecule has 7 heteroatoms. The van der Waals surface area contributed by atoms with Gasteiger partial charge >= 0.3 is 5.97 Å². The number of rotatable bonds is 6. The van der Waals surface area contributed by atoms with Crippen LogP contribution in [-0.2, 0) is 22.5 Å². The van der Waals surface area contributed by atoms with Crippen LogP contribution in [0.25, 0.3) is 0 Å². The Labute approximate surface area is 164 Å². The van der Waals surface area contributed by atoms with Crippen LogP contribution in [-0.4, -0.2) is 51.2 Å². The van der Waals surface area contributed by atoms with Gasteiger partial charge in [-0.3, -0.25) is 4.79 Å². The SMILES string of the molecule is COC(=O)c1ccccc1NCC(=O)N1CCc2cc(OC)c(OC)cc2C1. The summed E-state index contributed by atoms with van der Waals surface area (Å²) in [7, 11) is 4.54. The number of nitrogens with zero attached hydrogens (tertiary/aromatic N) is 1. The normalized spacial score (nSPS) is 12.8. The Morgan fingerprint density at radius 1 is 1.04 bits per heavy atom. The quantitative estimate of drug-likeness (QED) is 0.771. The van der Waals surface area contributed by atoms with Crippen molar-refractivity contribution in [2.75, 3.05) is 39.7 Å². The van der Waals surface area contributed by atoms with Crippen LogP contribution in [0.1, 0.15) is 21.5 Å². The van der Waals surface area contributed by atoms with Crippen LogP contribution in [0.5, 0.6) is 11.5 Å². The smallest absolute Gasteiger partial charge is 0.339 e. The van der Waals surface area contributed by atoms with E-state index in [4.69, 9.17) is 14.2 Å². The molecule has 0 aromatic heterocycles. The molecule has 0 fully saturated rings. The number of carbonyl (C=O) groups excluding carboxylic acids is 2. The number of ether oxygens (including phenoxy) is 3. The lowest BCUT2D eigenvalue weighted by Crippen LogP contribution is -2.39. The lowest BCUT2D eigenvalue weighted by Gasteiger charge is -2.30. The van der Waals surface area contributed by atoms with Gasteiger partial charge in [-0.05, 0) is 41.8 Å². The molecular formula is C21H24N2O5. The first-order chi connectivity index (χ1) is 13.6. The third-order valence-electron chi connectivity index (χ3n) is 4.83. The topological polar surface area (TPSA) is 77.1 Å². The maximum Gasteiger partial charge on any atom is 0.339 e. The number of hydrogen-bond acceptors (Lipinski definition) is 6. The monoisotopic (exact) mass is 384 g/mol. The van der Waals surface area contributed by atoms with E-state index in [1.165, 1.54) is 7.11 Å². The molecule has 0 bridgehead atoms. The number of amides is 1. The molecule has 0 unspecified atom stereocenters. The first kappa shape index (κ1) is 19.5. The number of benzene rings is 2. The van der Waals surface area contributed by atoms with Crippen molar-refractivity contribution in [1.29, 1.82) is 0 Å². The second-order valence-corrected chi connectivity index (χ2v) is 6.43. The van der Waals surface area contributed by atoms with Crippen LogP contribution >= 0.6 is 0 Å². The van der Waals surface area contributed by atoms with Crippen molar-refractivity contribution in [3.63, 3.8) is 0 Å². The van der Waals surface area contributed by atoms with Gasteiger partial charge in [0.05, 0.1) is 33.4 Å². The molecule has 3 rings (SSSR count). The van der Waals surface area contributed by atoms with E-state index in [9.17, 15) is 9.59 Å². The molecule has 0 aliphatic carbocycles. The number of hydrogen-bond donors (Lipinski definition) is 1. The summed E-state index contributed by atoms with van der Waals surface area (Å²) in [6.07, 6.45) is 0.750. The average molecular weight is 384 g/mol. The van der Waals surface area contributed by atoms with E-state index in [2.05, 4.69) is 5.32 Å². The van der Waals surface area contributed by atoms with Crippen molar-refractivity contribution in [2.45, 2.75) is 13.0 Å². The zero-order valence-corrected chi connectivity index (χ0v) is 16.3. The second kappa shape index (κ2) is 8.65. The lowest BCUT2D eigenvalue weighted by atomic mass is 9.98. The first-order valence-electron chi connectivity index (χ1n) is 9.00. The maximum absolute atomic E-state index is 12.7. The molecule has 148 valence electrons. The first-order valence-corrected chi connectivity index (χ1v) is 9.00. The molecule has 0 spiro atoms. The van der Waals surface area contributed by atoms with E-state index in [0.29, 0.717) is 35.8 Å². The molecule has 0 atom stereocenters. The third kappa shape index (κ3) is 4.03. The Kier molecular flexibility index (Phi) is 6.03. The predicted octanol–water partition coefficient (Wildman–Crippen LogP) is 2.49. The largest absolute Gasteiger partial charge is 0.493 e. The maximum atomic E-state index is 12.7. The van der Waals surface area contributed by atoms with Crippen molar-refractivity contribution in [3.05, 3.63) is 53.1 Å². The second-order valence-electron chi connectivity index (χ2n) is 6.43. The summed E-state index contributed by atoms with van der Waals surface area (Å²) in [6.45, 7) is 1.23. The Morgan fingerprint density at radius 3 is 2.39 bits per heavy atom. The molecule has 28 heavy (non-hydrogen) atoms. The van der Waals surface area contributed by atoms with Crippen molar-refractivity contribution in [1.82, 2.24) is 4.90 Å². The summed E-state index contributed by atoms with van der Waals surface area (Å²) in [5, 5.41) is 3.05. The number of nitrogens with one attached hydrogen (secondary N) is 1. The van der Waals surface area contributed by atoms with Crippen LogP contribution < -0.4 is 14.8 Å². The van der Waals surface area contributed by atoms with Gasteiger partial charge in [-0.2, -0.15) is 0 Å². The number of fused-ring (bicyclic) bond motifs is 1. The molecule has 0 saturated carbocycles. The van der Waals surface area contributed by atoms with Gasteiger partial charge in [0.2, 0.25) is 5.91 Å². The fourth-order valence-corrected chi connectivity index (χ4v) is 3.30. The van der Waals surface area contributed by atoms with E-state index < -0.39 is 5.97 Å².